The molecule has 0 fully saturated rings. The summed E-state index contributed by atoms with van der Waals surface area (Å²) in [4.78, 5) is 15.7. The average Bonchev–Trinajstić information content (AvgIpc) is 2.70. The molecule has 0 bridgehead atoms. The van der Waals surface area contributed by atoms with Crippen molar-refractivity contribution in [2.24, 2.45) is 0 Å². The Labute approximate surface area is 116 Å². The lowest BCUT2D eigenvalue weighted by molar-refractivity contribution is 0.660. The summed E-state index contributed by atoms with van der Waals surface area (Å²) in [5.74, 6) is 0. The number of hydrogen-bond acceptors (Lipinski definition) is 5. The molecule has 2 rings (SSSR count). The van der Waals surface area contributed by atoms with Gasteiger partial charge in [0.05, 0.1) is 16.4 Å². The molecule has 0 saturated carbocycles. The normalized spacial score (nSPS) is 10.8. The van der Waals surface area contributed by atoms with E-state index in [1.165, 1.54) is 11.8 Å². The maximum atomic E-state index is 11.4. The highest BCUT2D eigenvalue weighted by Crippen LogP contribution is 2.33. The van der Waals surface area contributed by atoms with Crippen LogP contribution in [-0.4, -0.2) is 19.7 Å². The van der Waals surface area contributed by atoms with Gasteiger partial charge in [0.15, 0.2) is 5.16 Å². The van der Waals surface area contributed by atoms with E-state index in [1.54, 1.807) is 10.8 Å². The summed E-state index contributed by atoms with van der Waals surface area (Å²) in [7, 11) is 0. The Balaban J connectivity index is 2.40. The van der Waals surface area contributed by atoms with Crippen molar-refractivity contribution < 1.29 is 0 Å². The van der Waals surface area contributed by atoms with Crippen LogP contribution >= 0.6 is 27.7 Å². The summed E-state index contributed by atoms with van der Waals surface area (Å²) in [5, 5.41) is 7.71. The summed E-state index contributed by atoms with van der Waals surface area (Å²) in [6.07, 6.45) is 1.60. The minimum Gasteiger partial charge on any atom is -0.397 e. The van der Waals surface area contributed by atoms with Gasteiger partial charge in [-0.1, -0.05) is 0 Å². The third-order valence-corrected chi connectivity index (χ3v) is 4.73. The lowest BCUT2D eigenvalue weighted by Gasteiger charge is -2.07. The van der Waals surface area contributed by atoms with Crippen molar-refractivity contribution in [2.75, 3.05) is 5.73 Å². The topological polar surface area (TPSA) is 89.6 Å². The molecule has 3 N–H and O–H groups in total. The number of aromatic nitrogens is 4. The largest absolute Gasteiger partial charge is 0.397 e. The van der Waals surface area contributed by atoms with Crippen LogP contribution in [0.15, 0.2) is 25.6 Å². The molecule has 0 saturated heterocycles. The van der Waals surface area contributed by atoms with E-state index in [4.69, 9.17) is 5.73 Å². The second kappa shape index (κ2) is 5.15. The van der Waals surface area contributed by atoms with Gasteiger partial charge in [-0.15, -0.1) is 5.10 Å². The first-order chi connectivity index (χ1) is 8.54. The number of aromatic amines is 1. The maximum Gasteiger partial charge on any atom is 0.343 e. The van der Waals surface area contributed by atoms with E-state index in [9.17, 15) is 4.79 Å². The van der Waals surface area contributed by atoms with E-state index >= 15 is 0 Å². The van der Waals surface area contributed by atoms with Crippen LogP contribution in [0.1, 0.15) is 12.5 Å². The van der Waals surface area contributed by atoms with Crippen LogP contribution < -0.4 is 11.4 Å². The van der Waals surface area contributed by atoms with Crippen molar-refractivity contribution in [3.05, 3.63) is 26.7 Å². The minimum absolute atomic E-state index is 0.219. The number of rotatable bonds is 3. The Morgan fingerprint density at radius 3 is 3.00 bits per heavy atom. The fraction of sp³-hybridized carbons (Fsp3) is 0.300. The van der Waals surface area contributed by atoms with Gasteiger partial charge >= 0.3 is 5.69 Å². The molecule has 18 heavy (non-hydrogen) atoms. The highest BCUT2D eigenvalue weighted by molar-refractivity contribution is 9.10. The van der Waals surface area contributed by atoms with Crippen LogP contribution in [0.3, 0.4) is 0 Å². The van der Waals surface area contributed by atoms with Gasteiger partial charge < -0.3 is 5.73 Å². The third-order valence-electron chi connectivity index (χ3n) is 2.50. The second-order valence-corrected chi connectivity index (χ2v) is 5.36. The molecule has 0 atom stereocenters. The number of nitrogens with one attached hydrogen (secondary N) is 1. The Hall–Kier alpha value is -1.28. The van der Waals surface area contributed by atoms with Gasteiger partial charge in [0, 0.05) is 6.54 Å². The smallest absolute Gasteiger partial charge is 0.343 e. The first-order valence-electron chi connectivity index (χ1n) is 5.28. The van der Waals surface area contributed by atoms with E-state index in [2.05, 4.69) is 31.1 Å². The van der Waals surface area contributed by atoms with Crippen molar-refractivity contribution in [2.45, 2.75) is 30.6 Å². The molecule has 96 valence electrons. The van der Waals surface area contributed by atoms with Crippen molar-refractivity contribution in [1.29, 1.82) is 0 Å². The van der Waals surface area contributed by atoms with Crippen LogP contribution in [0.5, 0.6) is 0 Å². The monoisotopic (exact) mass is 329 g/mol. The van der Waals surface area contributed by atoms with E-state index in [0.29, 0.717) is 17.4 Å². The molecule has 0 radical (unpaired) electrons. The molecule has 8 heteroatoms. The molecule has 0 aliphatic carbocycles. The highest BCUT2D eigenvalue weighted by Gasteiger charge is 2.13. The molecule has 0 amide bonds. The average molecular weight is 330 g/mol. The minimum atomic E-state index is -0.219. The molecule has 2 heterocycles. The van der Waals surface area contributed by atoms with Crippen LogP contribution in [0.25, 0.3) is 0 Å². The molecular formula is C10H12BrN5OS. The van der Waals surface area contributed by atoms with Gasteiger partial charge in [0.2, 0.25) is 0 Å². The quantitative estimate of drug-likeness (QED) is 0.895. The Kier molecular flexibility index (Phi) is 3.76. The third kappa shape index (κ3) is 2.30. The molecule has 0 spiro atoms. The number of halogens is 1. The van der Waals surface area contributed by atoms with E-state index in [0.717, 1.165) is 15.1 Å². The number of hydrogen-bond donors (Lipinski definition) is 2. The Bertz CT molecular complexity index is 636. The number of anilines is 1. The van der Waals surface area contributed by atoms with Gasteiger partial charge in [0.25, 0.3) is 0 Å². The number of pyridine rings is 1. The van der Waals surface area contributed by atoms with Crippen molar-refractivity contribution >= 4 is 33.4 Å². The fourth-order valence-electron chi connectivity index (χ4n) is 1.39. The molecule has 0 aliphatic heterocycles. The molecule has 6 nitrogen and oxygen atoms in total. The molecular weight excluding hydrogens is 318 g/mol. The van der Waals surface area contributed by atoms with Crippen molar-refractivity contribution in [3.8, 4) is 0 Å². The maximum absolute atomic E-state index is 11.4. The summed E-state index contributed by atoms with van der Waals surface area (Å²) >= 11 is 4.77. The van der Waals surface area contributed by atoms with Crippen LogP contribution in [-0.2, 0) is 6.54 Å². The zero-order valence-electron chi connectivity index (χ0n) is 9.90. The number of H-pyrrole nitrogens is 1. The summed E-state index contributed by atoms with van der Waals surface area (Å²) in [5.41, 5.74) is 7.10. The first-order valence-corrected chi connectivity index (χ1v) is 6.89. The van der Waals surface area contributed by atoms with Crippen LogP contribution in [0, 0.1) is 6.92 Å². The zero-order valence-corrected chi connectivity index (χ0v) is 12.3. The molecule has 2 aromatic rings. The molecule has 0 unspecified atom stereocenters. The Morgan fingerprint density at radius 2 is 2.33 bits per heavy atom. The number of nitrogen functional groups attached to an aromatic ring is 1. The van der Waals surface area contributed by atoms with Crippen LogP contribution in [0.2, 0.25) is 0 Å². The van der Waals surface area contributed by atoms with E-state index in [-0.39, 0.29) is 5.69 Å². The zero-order chi connectivity index (χ0) is 13.3. The van der Waals surface area contributed by atoms with Crippen molar-refractivity contribution in [3.63, 3.8) is 0 Å². The molecule has 2 aromatic heterocycles. The Morgan fingerprint density at radius 1 is 1.61 bits per heavy atom. The highest BCUT2D eigenvalue weighted by atomic mass is 79.9. The van der Waals surface area contributed by atoms with E-state index in [1.807, 2.05) is 13.8 Å². The lowest BCUT2D eigenvalue weighted by Crippen LogP contribution is -2.16. The van der Waals surface area contributed by atoms with Gasteiger partial charge in [-0.3, -0.25) is 4.57 Å². The second-order valence-electron chi connectivity index (χ2n) is 3.62. The summed E-state index contributed by atoms with van der Waals surface area (Å²) < 4.78 is 2.37. The van der Waals surface area contributed by atoms with Crippen molar-refractivity contribution in [1.82, 2.24) is 19.7 Å². The van der Waals surface area contributed by atoms with Gasteiger partial charge in [-0.2, -0.15) is 0 Å². The summed E-state index contributed by atoms with van der Waals surface area (Å²) in [6, 6.07) is 0. The molecule has 0 aliphatic rings. The molecule has 0 aromatic carbocycles. The lowest BCUT2D eigenvalue weighted by atomic mass is 10.3. The fourth-order valence-corrected chi connectivity index (χ4v) is 2.90. The number of nitrogens with zero attached hydrogens (tertiary/aromatic N) is 3. The SMILES string of the molecule is CCn1c(Sc2ncc(N)c(C)c2Br)n[nH]c1=O. The predicted molar refractivity (Wildman–Crippen MR) is 73.7 cm³/mol. The van der Waals surface area contributed by atoms with Crippen LogP contribution in [0.4, 0.5) is 5.69 Å². The first kappa shape index (κ1) is 13.2. The predicted octanol–water partition coefficient (Wildman–Crippen LogP) is 1.79. The van der Waals surface area contributed by atoms with Gasteiger partial charge in [0.1, 0.15) is 5.03 Å². The van der Waals surface area contributed by atoms with Gasteiger partial charge in [-0.05, 0) is 47.1 Å². The number of nitrogens with two attached hydrogens (primary N) is 1. The summed E-state index contributed by atoms with van der Waals surface area (Å²) in [6.45, 7) is 4.35. The standard InChI is InChI=1S/C10H12BrN5OS/c1-3-16-9(17)14-15-10(16)18-8-7(11)5(2)6(12)4-13-8/h4H,3,12H2,1-2H3,(H,14,17). The van der Waals surface area contributed by atoms with Gasteiger partial charge in [-0.25, -0.2) is 14.9 Å². The van der Waals surface area contributed by atoms with E-state index < -0.39 is 0 Å².